The van der Waals surface area contributed by atoms with Crippen LogP contribution in [0.25, 0.3) is 10.9 Å². The van der Waals surface area contributed by atoms with Gasteiger partial charge in [0.05, 0.1) is 18.3 Å². The zero-order chi connectivity index (χ0) is 22.2. The van der Waals surface area contributed by atoms with Gasteiger partial charge in [-0.3, -0.25) is 9.59 Å². The molecule has 0 atom stereocenters. The van der Waals surface area contributed by atoms with Crippen molar-refractivity contribution in [3.8, 4) is 0 Å². The van der Waals surface area contributed by atoms with Crippen LogP contribution in [0.2, 0.25) is 0 Å². The molecule has 1 aliphatic carbocycles. The molecule has 166 valence electrons. The van der Waals surface area contributed by atoms with Gasteiger partial charge in [0.15, 0.2) is 5.76 Å². The molecule has 2 aliphatic rings. The van der Waals surface area contributed by atoms with Crippen molar-refractivity contribution < 1.29 is 14.0 Å². The molecule has 2 aromatic heterocycles. The summed E-state index contributed by atoms with van der Waals surface area (Å²) in [4.78, 5) is 36.0. The fraction of sp³-hybridized carbons (Fsp3) is 0.400. The number of hydrogen-bond acceptors (Lipinski definition) is 5. The number of carbonyl (C=O) groups is 2. The van der Waals surface area contributed by atoms with E-state index < -0.39 is 0 Å². The van der Waals surface area contributed by atoms with E-state index in [0.717, 1.165) is 53.8 Å². The van der Waals surface area contributed by atoms with Crippen LogP contribution in [0.15, 0.2) is 47.1 Å². The quantitative estimate of drug-likeness (QED) is 0.616. The van der Waals surface area contributed by atoms with Crippen LogP contribution >= 0.6 is 0 Å². The van der Waals surface area contributed by atoms with Crippen molar-refractivity contribution in [2.75, 3.05) is 31.1 Å². The third kappa shape index (κ3) is 4.07. The number of pyridine rings is 1. The summed E-state index contributed by atoms with van der Waals surface area (Å²) in [6.45, 7) is 6.99. The third-order valence-corrected chi connectivity index (χ3v) is 6.37. The van der Waals surface area contributed by atoms with E-state index in [2.05, 4.69) is 36.1 Å². The zero-order valence-corrected chi connectivity index (χ0v) is 18.6. The maximum Gasteiger partial charge on any atom is 0.290 e. The van der Waals surface area contributed by atoms with E-state index in [1.54, 1.807) is 19.1 Å². The van der Waals surface area contributed by atoms with E-state index >= 15 is 0 Å². The summed E-state index contributed by atoms with van der Waals surface area (Å²) in [5.74, 6) is 1.31. The molecular formula is C25H28N4O3. The predicted molar refractivity (Wildman–Crippen MR) is 123 cm³/mol. The first-order chi connectivity index (χ1) is 15.5. The number of piperazine rings is 1. The minimum Gasteiger partial charge on any atom is -0.459 e. The maximum absolute atomic E-state index is 13.2. The summed E-state index contributed by atoms with van der Waals surface area (Å²) in [5.41, 5.74) is 3.15. The van der Waals surface area contributed by atoms with Gasteiger partial charge in [-0.2, -0.15) is 0 Å². The Morgan fingerprint density at radius 2 is 1.91 bits per heavy atom. The monoisotopic (exact) mass is 432 g/mol. The van der Waals surface area contributed by atoms with Crippen molar-refractivity contribution in [1.82, 2.24) is 14.8 Å². The van der Waals surface area contributed by atoms with Crippen LogP contribution in [-0.2, 0) is 11.3 Å². The summed E-state index contributed by atoms with van der Waals surface area (Å²) in [7, 11) is 0. The van der Waals surface area contributed by atoms with E-state index in [4.69, 9.17) is 9.40 Å². The molecule has 1 aromatic carbocycles. The molecule has 0 unspecified atom stereocenters. The van der Waals surface area contributed by atoms with Crippen LogP contribution in [0.3, 0.4) is 0 Å². The lowest BCUT2D eigenvalue weighted by atomic mass is 10.1. The molecule has 0 bridgehead atoms. The van der Waals surface area contributed by atoms with Gasteiger partial charge in [-0.05, 0) is 49.6 Å². The van der Waals surface area contributed by atoms with Crippen LogP contribution in [0.4, 0.5) is 5.82 Å². The fourth-order valence-corrected chi connectivity index (χ4v) is 4.41. The number of fused-ring (bicyclic) bond motifs is 1. The molecule has 3 aromatic rings. The summed E-state index contributed by atoms with van der Waals surface area (Å²) in [6, 6.07) is 12.2. The number of amides is 2. The lowest BCUT2D eigenvalue weighted by Crippen LogP contribution is -2.48. The number of aromatic nitrogens is 1. The first-order valence-electron chi connectivity index (χ1n) is 11.2. The van der Waals surface area contributed by atoms with Crippen molar-refractivity contribution >= 4 is 28.5 Å². The van der Waals surface area contributed by atoms with Crippen LogP contribution in [0, 0.1) is 6.92 Å². The molecule has 32 heavy (non-hydrogen) atoms. The van der Waals surface area contributed by atoms with Gasteiger partial charge in [0, 0.05) is 50.1 Å². The first-order valence-corrected chi connectivity index (χ1v) is 11.2. The number of benzene rings is 1. The highest BCUT2D eigenvalue weighted by Gasteiger charge is 2.35. The highest BCUT2D eigenvalue weighted by atomic mass is 16.3. The lowest BCUT2D eigenvalue weighted by molar-refractivity contribution is -0.129. The molecule has 5 rings (SSSR count). The SMILES string of the molecule is CC(=O)N1CCN(c2nc3cc(C)ccc3cc2CN(C(=O)c2ccco2)C2CC2)CC1. The molecular weight excluding hydrogens is 404 g/mol. The Balaban J connectivity index is 1.50. The highest BCUT2D eigenvalue weighted by molar-refractivity contribution is 5.92. The molecule has 1 saturated heterocycles. The van der Waals surface area contributed by atoms with Crippen molar-refractivity contribution in [3.63, 3.8) is 0 Å². The van der Waals surface area contributed by atoms with Crippen molar-refractivity contribution in [3.05, 3.63) is 59.5 Å². The van der Waals surface area contributed by atoms with Gasteiger partial charge >= 0.3 is 0 Å². The van der Waals surface area contributed by atoms with Crippen molar-refractivity contribution in [1.29, 1.82) is 0 Å². The van der Waals surface area contributed by atoms with Crippen LogP contribution < -0.4 is 4.90 Å². The molecule has 2 fully saturated rings. The van der Waals surface area contributed by atoms with Crippen LogP contribution in [-0.4, -0.2) is 58.8 Å². The Morgan fingerprint density at radius 1 is 1.12 bits per heavy atom. The topological polar surface area (TPSA) is 69.9 Å². The molecule has 0 spiro atoms. The number of furan rings is 1. The Labute approximate surface area is 187 Å². The molecule has 1 saturated carbocycles. The normalized spacial score (nSPS) is 16.4. The Kier molecular flexibility index (Phi) is 5.33. The average molecular weight is 433 g/mol. The third-order valence-electron chi connectivity index (χ3n) is 6.37. The minimum atomic E-state index is -0.0751. The van der Waals surface area contributed by atoms with E-state index in [0.29, 0.717) is 25.4 Å². The molecule has 0 N–H and O–H groups in total. The number of hydrogen-bond donors (Lipinski definition) is 0. The van der Waals surface area contributed by atoms with Gasteiger partial charge in [-0.15, -0.1) is 0 Å². The fourth-order valence-electron chi connectivity index (χ4n) is 4.41. The van der Waals surface area contributed by atoms with Gasteiger partial charge in [-0.25, -0.2) is 4.98 Å². The number of rotatable bonds is 5. The minimum absolute atomic E-state index is 0.0751. The molecule has 7 heteroatoms. The first kappa shape index (κ1) is 20.5. The van der Waals surface area contributed by atoms with Gasteiger partial charge < -0.3 is 19.1 Å². The number of anilines is 1. The van der Waals surface area contributed by atoms with E-state index in [1.807, 2.05) is 9.80 Å². The number of aryl methyl sites for hydroxylation is 1. The van der Waals surface area contributed by atoms with Crippen LogP contribution in [0.1, 0.15) is 41.4 Å². The summed E-state index contributed by atoms with van der Waals surface area (Å²) >= 11 is 0. The van der Waals surface area contributed by atoms with Crippen LogP contribution in [0.5, 0.6) is 0 Å². The second-order valence-corrected chi connectivity index (χ2v) is 8.80. The van der Waals surface area contributed by atoms with Gasteiger partial charge in [-0.1, -0.05) is 12.1 Å². The Bertz CT molecular complexity index is 1150. The zero-order valence-electron chi connectivity index (χ0n) is 18.6. The average Bonchev–Trinajstić information content (AvgIpc) is 3.49. The largest absolute Gasteiger partial charge is 0.459 e. The molecule has 3 heterocycles. The molecule has 2 amide bonds. The van der Waals surface area contributed by atoms with Crippen molar-refractivity contribution in [2.45, 2.75) is 39.3 Å². The summed E-state index contributed by atoms with van der Waals surface area (Å²) in [6.07, 6.45) is 3.57. The Hall–Kier alpha value is -3.35. The van der Waals surface area contributed by atoms with E-state index in [1.165, 1.54) is 6.26 Å². The smallest absolute Gasteiger partial charge is 0.290 e. The number of carbonyl (C=O) groups excluding carboxylic acids is 2. The van der Waals surface area contributed by atoms with E-state index in [9.17, 15) is 9.59 Å². The Morgan fingerprint density at radius 3 is 2.56 bits per heavy atom. The molecule has 1 aliphatic heterocycles. The molecule has 7 nitrogen and oxygen atoms in total. The standard InChI is InChI=1S/C25H28N4O3/c1-17-5-6-19-15-20(16-29(21-7-8-21)25(31)23-4-3-13-32-23)24(26-22(19)14-17)28-11-9-27(10-12-28)18(2)30/h3-6,13-15,21H,7-12,16H2,1-2H3. The summed E-state index contributed by atoms with van der Waals surface area (Å²) < 4.78 is 5.40. The van der Waals surface area contributed by atoms with Gasteiger partial charge in [0.1, 0.15) is 5.82 Å². The van der Waals surface area contributed by atoms with Gasteiger partial charge in [0.2, 0.25) is 5.91 Å². The highest BCUT2D eigenvalue weighted by Crippen LogP contribution is 2.33. The molecule has 0 radical (unpaired) electrons. The predicted octanol–water partition coefficient (Wildman–Crippen LogP) is 3.61. The summed E-state index contributed by atoms with van der Waals surface area (Å²) in [5, 5.41) is 1.07. The van der Waals surface area contributed by atoms with Crippen molar-refractivity contribution in [2.24, 2.45) is 0 Å². The second-order valence-electron chi connectivity index (χ2n) is 8.80. The van der Waals surface area contributed by atoms with Gasteiger partial charge in [0.25, 0.3) is 5.91 Å². The number of nitrogens with zero attached hydrogens (tertiary/aromatic N) is 4. The van der Waals surface area contributed by atoms with E-state index in [-0.39, 0.29) is 17.9 Å². The second kappa shape index (κ2) is 8.30. The lowest BCUT2D eigenvalue weighted by Gasteiger charge is -2.36. The maximum atomic E-state index is 13.2.